The first kappa shape index (κ1) is 35.1. The lowest BCUT2D eigenvalue weighted by molar-refractivity contribution is 0.00543. The van der Waals surface area contributed by atoms with E-state index in [1.54, 1.807) is 24.3 Å². The Kier molecular flexibility index (Phi) is 16.4. The summed E-state index contributed by atoms with van der Waals surface area (Å²) in [5.41, 5.74) is 0.627. The van der Waals surface area contributed by atoms with Crippen molar-refractivity contribution in [2.45, 2.75) is 13.0 Å². The molecule has 2 aromatic heterocycles. The Bertz CT molecular complexity index is 1200. The lowest BCUT2D eigenvalue weighted by atomic mass is 10.3. The minimum Gasteiger partial charge on any atom is -0.477 e. The molecule has 1 aliphatic rings. The predicted molar refractivity (Wildman–Crippen MR) is 164 cm³/mol. The molecule has 0 spiro atoms. The van der Waals surface area contributed by atoms with Crippen LogP contribution in [0.4, 0.5) is 5.82 Å². The van der Waals surface area contributed by atoms with E-state index in [0.29, 0.717) is 117 Å². The maximum absolute atomic E-state index is 11.6. The fraction of sp³-hybridized carbons (Fsp3) is 0.552. The number of carboxylic acids is 2. The molecule has 1 saturated heterocycles. The Hall–Kier alpha value is -3.40. The summed E-state index contributed by atoms with van der Waals surface area (Å²) >= 11 is 4.68. The van der Waals surface area contributed by atoms with E-state index < -0.39 is 11.9 Å². The molecule has 0 amide bonds. The van der Waals surface area contributed by atoms with Crippen molar-refractivity contribution in [2.75, 3.05) is 97.1 Å². The summed E-state index contributed by atoms with van der Waals surface area (Å²) in [6.07, 6.45) is 0.653. The Morgan fingerprint density at radius 1 is 0.818 bits per heavy atom. The monoisotopic (exact) mass is 632 g/mol. The van der Waals surface area contributed by atoms with Crippen molar-refractivity contribution < 1.29 is 38.7 Å². The van der Waals surface area contributed by atoms with Crippen molar-refractivity contribution in [1.82, 2.24) is 19.9 Å². The first-order valence-corrected chi connectivity index (χ1v) is 14.9. The maximum atomic E-state index is 11.6. The van der Waals surface area contributed by atoms with Crippen LogP contribution in [0, 0.1) is 0 Å². The van der Waals surface area contributed by atoms with Gasteiger partial charge in [0.1, 0.15) is 11.5 Å². The maximum Gasteiger partial charge on any atom is 0.354 e. The van der Waals surface area contributed by atoms with Gasteiger partial charge in [-0.2, -0.15) is 0 Å². The molecule has 0 unspecified atom stereocenters. The molecule has 14 nitrogen and oxygen atoms in total. The molecule has 0 aromatic carbocycles. The highest BCUT2D eigenvalue weighted by atomic mass is 32.1. The van der Waals surface area contributed by atoms with Crippen LogP contribution in [0.15, 0.2) is 41.4 Å². The topological polar surface area (TPSA) is 159 Å². The number of carbonyl (C=O) groups is 2. The zero-order valence-corrected chi connectivity index (χ0v) is 25.5. The number of ether oxygens (including phenoxy) is 4. The fourth-order valence-corrected chi connectivity index (χ4v) is 4.43. The zero-order chi connectivity index (χ0) is 31.4. The quantitative estimate of drug-likeness (QED) is 0.222. The number of aromatic carboxylic acids is 2. The fourth-order valence-electron chi connectivity index (χ4n) is 4.34. The number of carboxylic acid groups (broad SMARTS) is 2. The molecule has 0 radical (unpaired) electrons. The molecule has 2 N–H and O–H groups in total. The molecule has 2 aromatic rings. The molecule has 1 aliphatic heterocycles. The van der Waals surface area contributed by atoms with Crippen molar-refractivity contribution in [3.8, 4) is 0 Å². The molecule has 0 aliphatic carbocycles. The smallest absolute Gasteiger partial charge is 0.354 e. The number of aromatic nitrogens is 2. The molecule has 44 heavy (non-hydrogen) atoms. The van der Waals surface area contributed by atoms with Crippen molar-refractivity contribution >= 4 is 35.1 Å². The van der Waals surface area contributed by atoms with Crippen LogP contribution < -0.4 is 5.01 Å². The van der Waals surface area contributed by atoms with Gasteiger partial charge in [-0.25, -0.2) is 29.6 Å². The summed E-state index contributed by atoms with van der Waals surface area (Å²) < 4.78 is 23.4. The predicted octanol–water partition coefficient (Wildman–Crippen LogP) is 1.97. The van der Waals surface area contributed by atoms with Crippen LogP contribution in [-0.4, -0.2) is 139 Å². The van der Waals surface area contributed by atoms with Gasteiger partial charge in [0.05, 0.1) is 70.3 Å². The summed E-state index contributed by atoms with van der Waals surface area (Å²) in [6.45, 7) is 7.02. The van der Waals surface area contributed by atoms with Crippen molar-refractivity contribution in [2.24, 2.45) is 4.99 Å². The normalized spacial score (nSPS) is 17.1. The second-order valence-corrected chi connectivity index (χ2v) is 9.82. The summed E-state index contributed by atoms with van der Waals surface area (Å²) in [4.78, 5) is 37.6. The Labute approximate surface area is 262 Å². The molecule has 0 atom stereocenters. The van der Waals surface area contributed by atoms with Gasteiger partial charge < -0.3 is 29.2 Å². The molecule has 240 valence electrons. The van der Waals surface area contributed by atoms with Crippen LogP contribution >= 0.6 is 12.2 Å². The SMILES string of the molecule is O=C(O)c1cccc(CN2CCOCCOCCN(N(CCCN=C=S)c3cccc(C(=O)O)n3)CCOCCOCC2)n1. The number of aliphatic imine (C=N–C) groups is 1. The van der Waals surface area contributed by atoms with Gasteiger partial charge in [0.25, 0.3) is 0 Å². The number of anilines is 1. The molecule has 0 bridgehead atoms. The Balaban J connectivity index is 1.60. The second-order valence-electron chi connectivity index (χ2n) is 9.63. The minimum absolute atomic E-state index is 0.0117. The number of hydrazine groups is 1. The van der Waals surface area contributed by atoms with Crippen LogP contribution in [0.2, 0.25) is 0 Å². The molecule has 15 heteroatoms. The van der Waals surface area contributed by atoms with Gasteiger partial charge in [0, 0.05) is 39.3 Å². The van der Waals surface area contributed by atoms with E-state index in [2.05, 4.69) is 37.2 Å². The van der Waals surface area contributed by atoms with Crippen LogP contribution in [-0.2, 0) is 25.5 Å². The van der Waals surface area contributed by atoms with E-state index >= 15 is 0 Å². The van der Waals surface area contributed by atoms with Crippen molar-refractivity contribution in [3.63, 3.8) is 0 Å². The molecule has 3 rings (SSSR count). The molecule has 0 saturated carbocycles. The average Bonchev–Trinajstić information content (AvgIpc) is 3.02. The van der Waals surface area contributed by atoms with Gasteiger partial charge in [-0.1, -0.05) is 12.1 Å². The minimum atomic E-state index is -1.10. The Morgan fingerprint density at radius 2 is 1.36 bits per heavy atom. The molecule has 3 heterocycles. The summed E-state index contributed by atoms with van der Waals surface area (Å²) in [6, 6.07) is 9.86. The van der Waals surface area contributed by atoms with Gasteiger partial charge in [0.2, 0.25) is 0 Å². The van der Waals surface area contributed by atoms with E-state index in [1.807, 2.05) is 10.0 Å². The van der Waals surface area contributed by atoms with Crippen molar-refractivity contribution in [3.05, 3.63) is 53.5 Å². The third kappa shape index (κ3) is 13.1. The van der Waals surface area contributed by atoms with E-state index in [1.165, 1.54) is 12.1 Å². The molecular weight excluding hydrogens is 592 g/mol. The first-order chi connectivity index (χ1) is 21.5. The first-order valence-electron chi connectivity index (χ1n) is 14.5. The van der Waals surface area contributed by atoms with Crippen LogP contribution in [0.3, 0.4) is 0 Å². The van der Waals surface area contributed by atoms with Crippen LogP contribution in [0.5, 0.6) is 0 Å². The third-order valence-corrected chi connectivity index (χ3v) is 6.64. The van der Waals surface area contributed by atoms with Gasteiger partial charge in [-0.15, -0.1) is 0 Å². The van der Waals surface area contributed by atoms with Crippen LogP contribution in [0.1, 0.15) is 33.1 Å². The van der Waals surface area contributed by atoms with Gasteiger partial charge in [0.15, 0.2) is 5.69 Å². The number of thiocarbonyl (C=S) groups is 1. The zero-order valence-electron chi connectivity index (χ0n) is 24.7. The van der Waals surface area contributed by atoms with E-state index in [0.717, 1.165) is 0 Å². The van der Waals surface area contributed by atoms with E-state index in [4.69, 9.17) is 18.9 Å². The van der Waals surface area contributed by atoms with Crippen LogP contribution in [0.25, 0.3) is 0 Å². The highest BCUT2D eigenvalue weighted by Crippen LogP contribution is 2.16. The highest BCUT2D eigenvalue weighted by molar-refractivity contribution is 7.78. The molecule has 1 fully saturated rings. The number of hydrogen-bond donors (Lipinski definition) is 2. The van der Waals surface area contributed by atoms with Crippen molar-refractivity contribution in [1.29, 1.82) is 0 Å². The Morgan fingerprint density at radius 3 is 1.93 bits per heavy atom. The summed E-state index contributed by atoms with van der Waals surface area (Å²) in [5.74, 6) is -1.66. The molecular formula is C29H40N6O8S. The third-order valence-electron chi connectivity index (χ3n) is 6.51. The van der Waals surface area contributed by atoms with E-state index in [-0.39, 0.29) is 11.4 Å². The number of rotatable bonds is 10. The van der Waals surface area contributed by atoms with Gasteiger partial charge in [-0.05, 0) is 42.9 Å². The summed E-state index contributed by atoms with van der Waals surface area (Å²) in [5, 5.41) is 25.1. The largest absolute Gasteiger partial charge is 0.477 e. The standard InChI is InChI=1S/C29H40N6O8S/c36-28(37)25-5-1-4-24(31-25)22-33-10-14-40-18-20-42-16-12-34(13-17-43-21-19-41-15-11-33)35(9-3-8-30-23-44)27-7-2-6-26(32-27)29(38)39/h1-2,4-7H,3,8-22H2,(H,36,37)(H,38,39). The summed E-state index contributed by atoms with van der Waals surface area (Å²) in [7, 11) is 0. The van der Waals surface area contributed by atoms with Gasteiger partial charge in [-0.3, -0.25) is 9.91 Å². The number of pyridine rings is 2. The average molecular weight is 633 g/mol. The lowest BCUT2D eigenvalue weighted by Gasteiger charge is -2.36. The lowest BCUT2D eigenvalue weighted by Crippen LogP contribution is -2.47. The number of hydrogen-bond acceptors (Lipinski definition) is 13. The number of nitrogens with zero attached hydrogens (tertiary/aromatic N) is 6. The van der Waals surface area contributed by atoms with Gasteiger partial charge >= 0.3 is 11.9 Å². The second kappa shape index (κ2) is 20.5. The highest BCUT2D eigenvalue weighted by Gasteiger charge is 2.19. The number of isothiocyanates is 1. The van der Waals surface area contributed by atoms with E-state index in [9.17, 15) is 19.8 Å².